The molecule has 0 aromatic heterocycles. The Balaban J connectivity index is 3.31. The Hall–Kier alpha value is -0.120. The van der Waals surface area contributed by atoms with E-state index in [0.717, 1.165) is 6.54 Å². The highest BCUT2D eigenvalue weighted by atomic mass is 16.3. The topological polar surface area (TPSA) is 52.5 Å². The van der Waals surface area contributed by atoms with Crippen LogP contribution in [0.5, 0.6) is 0 Å². The summed E-state index contributed by atoms with van der Waals surface area (Å²) in [6.07, 6.45) is 0.0990. The van der Waals surface area contributed by atoms with E-state index in [1.165, 1.54) is 0 Å². The average molecular weight is 147 g/mol. The number of rotatable bonds is 5. The Bertz CT molecular complexity index is 78.0. The van der Waals surface area contributed by atoms with Gasteiger partial charge in [0, 0.05) is 0 Å². The van der Waals surface area contributed by atoms with E-state index >= 15 is 0 Å². The molecule has 0 aromatic carbocycles. The first-order chi connectivity index (χ1) is 4.72. The number of hydrogen-bond acceptors (Lipinski definition) is 3. The van der Waals surface area contributed by atoms with E-state index in [9.17, 15) is 0 Å². The maximum Gasteiger partial charge on any atom is 0.0811 e. The fourth-order valence-corrected chi connectivity index (χ4v) is 0.757. The Morgan fingerprint density at radius 3 is 2.30 bits per heavy atom. The molecule has 0 aromatic rings. The van der Waals surface area contributed by atoms with Gasteiger partial charge in [0.2, 0.25) is 0 Å². The lowest BCUT2D eigenvalue weighted by atomic mass is 10.1. The van der Waals surface area contributed by atoms with Crippen molar-refractivity contribution in [1.82, 2.24) is 5.32 Å². The zero-order chi connectivity index (χ0) is 7.98. The summed E-state index contributed by atoms with van der Waals surface area (Å²) >= 11 is 0. The number of hydrogen-bond donors (Lipinski definition) is 3. The van der Waals surface area contributed by atoms with Crippen LogP contribution in [0, 0.1) is 0 Å². The van der Waals surface area contributed by atoms with Crippen molar-refractivity contribution >= 4 is 0 Å². The first-order valence-electron chi connectivity index (χ1n) is 3.73. The van der Waals surface area contributed by atoms with Crippen LogP contribution >= 0.6 is 0 Å². The lowest BCUT2D eigenvalue weighted by molar-refractivity contribution is 0.0134. The van der Waals surface area contributed by atoms with Crippen molar-refractivity contribution in [3.63, 3.8) is 0 Å². The van der Waals surface area contributed by atoms with Gasteiger partial charge in [-0.15, -0.1) is 0 Å². The smallest absolute Gasteiger partial charge is 0.0811 e. The molecule has 0 saturated heterocycles. The summed E-state index contributed by atoms with van der Waals surface area (Å²) in [4.78, 5) is 0. The Morgan fingerprint density at radius 1 is 1.30 bits per heavy atom. The molecule has 62 valence electrons. The summed E-state index contributed by atoms with van der Waals surface area (Å²) in [5, 5.41) is 21.1. The molecule has 0 fully saturated rings. The molecular formula is C7H17NO2. The summed E-state index contributed by atoms with van der Waals surface area (Å²) in [5.41, 5.74) is 0. The molecule has 0 spiro atoms. The Morgan fingerprint density at radius 2 is 1.90 bits per heavy atom. The molecule has 0 saturated carbocycles. The minimum absolute atomic E-state index is 0.562. The first kappa shape index (κ1) is 9.88. The highest BCUT2D eigenvalue weighted by Crippen LogP contribution is 2.00. The Kier molecular flexibility index (Phi) is 5.58. The van der Waals surface area contributed by atoms with Crippen LogP contribution in [0.1, 0.15) is 19.8 Å². The SMILES string of the molecule is CCC(O)C(O)CCNC. The van der Waals surface area contributed by atoms with Gasteiger partial charge in [0.05, 0.1) is 12.2 Å². The molecule has 0 rings (SSSR count). The summed E-state index contributed by atoms with van der Waals surface area (Å²) in [5.74, 6) is 0. The second-order valence-corrected chi connectivity index (χ2v) is 2.44. The molecule has 3 heteroatoms. The molecule has 3 N–H and O–H groups in total. The summed E-state index contributed by atoms with van der Waals surface area (Å²) < 4.78 is 0. The van der Waals surface area contributed by atoms with E-state index in [-0.39, 0.29) is 0 Å². The van der Waals surface area contributed by atoms with E-state index in [1.54, 1.807) is 0 Å². The monoisotopic (exact) mass is 147 g/mol. The van der Waals surface area contributed by atoms with Crippen LogP contribution in [0.25, 0.3) is 0 Å². The van der Waals surface area contributed by atoms with Crippen LogP contribution in [0.2, 0.25) is 0 Å². The van der Waals surface area contributed by atoms with Gasteiger partial charge in [-0.25, -0.2) is 0 Å². The van der Waals surface area contributed by atoms with Gasteiger partial charge >= 0.3 is 0 Å². The van der Waals surface area contributed by atoms with Crippen LogP contribution in [-0.2, 0) is 0 Å². The molecule has 10 heavy (non-hydrogen) atoms. The minimum atomic E-state index is -0.572. The van der Waals surface area contributed by atoms with Crippen molar-refractivity contribution in [3.8, 4) is 0 Å². The zero-order valence-electron chi connectivity index (χ0n) is 6.67. The molecule has 0 radical (unpaired) electrons. The second-order valence-electron chi connectivity index (χ2n) is 2.44. The van der Waals surface area contributed by atoms with E-state index < -0.39 is 12.2 Å². The third-order valence-electron chi connectivity index (χ3n) is 1.55. The van der Waals surface area contributed by atoms with Gasteiger partial charge in [-0.05, 0) is 26.4 Å². The van der Waals surface area contributed by atoms with Gasteiger partial charge in [-0.2, -0.15) is 0 Å². The summed E-state index contributed by atoms with van der Waals surface area (Å²) in [6, 6.07) is 0. The van der Waals surface area contributed by atoms with Crippen molar-refractivity contribution in [2.75, 3.05) is 13.6 Å². The van der Waals surface area contributed by atoms with Crippen LogP contribution in [-0.4, -0.2) is 36.0 Å². The van der Waals surface area contributed by atoms with Crippen LogP contribution < -0.4 is 5.32 Å². The average Bonchev–Trinajstić information content (AvgIpc) is 1.98. The van der Waals surface area contributed by atoms with E-state index in [1.807, 2.05) is 14.0 Å². The molecule has 2 unspecified atom stereocenters. The molecule has 3 nitrogen and oxygen atoms in total. The quantitative estimate of drug-likeness (QED) is 0.501. The van der Waals surface area contributed by atoms with Crippen molar-refractivity contribution < 1.29 is 10.2 Å². The van der Waals surface area contributed by atoms with Crippen molar-refractivity contribution in [1.29, 1.82) is 0 Å². The molecule has 0 aliphatic rings. The van der Waals surface area contributed by atoms with Crippen molar-refractivity contribution in [2.24, 2.45) is 0 Å². The van der Waals surface area contributed by atoms with E-state index in [4.69, 9.17) is 10.2 Å². The van der Waals surface area contributed by atoms with E-state index in [0.29, 0.717) is 12.8 Å². The zero-order valence-corrected chi connectivity index (χ0v) is 6.67. The Labute approximate surface area is 62.1 Å². The van der Waals surface area contributed by atoms with E-state index in [2.05, 4.69) is 5.32 Å². The third-order valence-corrected chi connectivity index (χ3v) is 1.55. The molecule has 0 bridgehead atoms. The number of aliphatic hydroxyl groups excluding tert-OH is 2. The van der Waals surface area contributed by atoms with Crippen molar-refractivity contribution in [3.05, 3.63) is 0 Å². The predicted molar refractivity (Wildman–Crippen MR) is 40.8 cm³/mol. The van der Waals surface area contributed by atoms with Crippen molar-refractivity contribution in [2.45, 2.75) is 32.0 Å². The first-order valence-corrected chi connectivity index (χ1v) is 3.73. The lowest BCUT2D eigenvalue weighted by Gasteiger charge is -2.15. The van der Waals surface area contributed by atoms with Gasteiger partial charge in [0.15, 0.2) is 0 Å². The van der Waals surface area contributed by atoms with Gasteiger partial charge in [0.25, 0.3) is 0 Å². The normalized spacial score (nSPS) is 16.8. The highest BCUT2D eigenvalue weighted by molar-refractivity contribution is 4.65. The maximum atomic E-state index is 9.16. The standard InChI is InChI=1S/C7H17NO2/c1-3-6(9)7(10)4-5-8-2/h6-10H,3-5H2,1-2H3. The molecule has 2 atom stereocenters. The lowest BCUT2D eigenvalue weighted by Crippen LogP contribution is -2.28. The number of aliphatic hydroxyl groups is 2. The second kappa shape index (κ2) is 5.65. The summed E-state index contributed by atoms with van der Waals surface area (Å²) in [7, 11) is 1.82. The maximum absolute atomic E-state index is 9.16. The van der Waals surface area contributed by atoms with Gasteiger partial charge in [0.1, 0.15) is 0 Å². The van der Waals surface area contributed by atoms with Gasteiger partial charge < -0.3 is 15.5 Å². The fraction of sp³-hybridized carbons (Fsp3) is 1.00. The minimum Gasteiger partial charge on any atom is -0.390 e. The van der Waals surface area contributed by atoms with Gasteiger partial charge in [-0.3, -0.25) is 0 Å². The molecular weight excluding hydrogens is 130 g/mol. The number of nitrogens with one attached hydrogen (secondary N) is 1. The van der Waals surface area contributed by atoms with Crippen LogP contribution in [0.4, 0.5) is 0 Å². The summed E-state index contributed by atoms with van der Waals surface area (Å²) in [6.45, 7) is 2.60. The van der Waals surface area contributed by atoms with Crippen LogP contribution in [0.3, 0.4) is 0 Å². The van der Waals surface area contributed by atoms with Crippen LogP contribution in [0.15, 0.2) is 0 Å². The predicted octanol–water partition coefficient (Wildman–Crippen LogP) is -0.272. The largest absolute Gasteiger partial charge is 0.390 e. The highest BCUT2D eigenvalue weighted by Gasteiger charge is 2.12. The fourth-order valence-electron chi connectivity index (χ4n) is 0.757. The molecule has 0 aliphatic heterocycles. The third kappa shape index (κ3) is 3.82. The molecule has 0 aliphatic carbocycles. The molecule has 0 heterocycles. The van der Waals surface area contributed by atoms with Gasteiger partial charge in [-0.1, -0.05) is 6.92 Å². The molecule has 0 amide bonds.